The van der Waals surface area contributed by atoms with Crippen molar-refractivity contribution in [1.29, 1.82) is 0 Å². The van der Waals surface area contributed by atoms with E-state index in [4.69, 9.17) is 0 Å². The fraction of sp³-hybridized carbons (Fsp3) is 0.600. The predicted molar refractivity (Wildman–Crippen MR) is 25.0 cm³/mol. The molecule has 0 aromatic carbocycles. The summed E-state index contributed by atoms with van der Waals surface area (Å²) in [5.41, 5.74) is 0.787. The normalized spacial score (nSPS) is 8.33. The van der Waals surface area contributed by atoms with Crippen molar-refractivity contribution < 1.29 is 5.11 Å². The molecule has 35 valence electrons. The summed E-state index contributed by atoms with van der Waals surface area (Å²) >= 11 is 0. The van der Waals surface area contributed by atoms with Crippen molar-refractivity contribution in [2.24, 2.45) is 0 Å². The highest BCUT2D eigenvalue weighted by molar-refractivity contribution is 4.90. The minimum Gasteiger partial charge on any atom is -0.232 e. The first-order valence-electron chi connectivity index (χ1n) is 2.06. The molecule has 6 heavy (non-hydrogen) atoms. The summed E-state index contributed by atoms with van der Waals surface area (Å²) in [6, 6.07) is 0. The summed E-state index contributed by atoms with van der Waals surface area (Å²) in [7, 11) is 0. The second-order valence-corrected chi connectivity index (χ2v) is 1.25. The molecule has 0 bridgehead atoms. The highest BCUT2D eigenvalue weighted by Gasteiger charge is 1.81. The van der Waals surface area contributed by atoms with Crippen molar-refractivity contribution in [3.63, 3.8) is 0 Å². The Balaban J connectivity index is 2.99. The number of rotatable bonds is 2. The minimum absolute atomic E-state index is 0.115. The fourth-order valence-corrected chi connectivity index (χ4v) is 0.102. The largest absolute Gasteiger partial charge is 0.232 e. The van der Waals surface area contributed by atoms with Crippen LogP contribution in [-0.4, -0.2) is 6.61 Å². The van der Waals surface area contributed by atoms with E-state index in [1.807, 2.05) is 6.92 Å². The molecular weight excluding hydrogens is 76.1 g/mol. The van der Waals surface area contributed by atoms with Crippen molar-refractivity contribution in [3.05, 3.63) is 12.2 Å². The van der Waals surface area contributed by atoms with Gasteiger partial charge in [-0.05, 0) is 12.0 Å². The zero-order chi connectivity index (χ0) is 4.99. The van der Waals surface area contributed by atoms with Crippen molar-refractivity contribution in [3.8, 4) is 0 Å². The molecule has 0 heterocycles. The summed E-state index contributed by atoms with van der Waals surface area (Å²) in [6.45, 7) is 5.30. The maximum atomic E-state index is 9.76. The average molecular weight is 85.1 g/mol. The van der Waals surface area contributed by atoms with Crippen molar-refractivity contribution >= 4 is 0 Å². The molecule has 0 aromatic heterocycles. The molecule has 0 rings (SSSR count). The maximum Gasteiger partial charge on any atom is 0.103 e. The van der Waals surface area contributed by atoms with Crippen LogP contribution in [0, 0.1) is 0 Å². The summed E-state index contributed by atoms with van der Waals surface area (Å²) in [6.07, 6.45) is 0.823. The van der Waals surface area contributed by atoms with Crippen LogP contribution in [0.5, 0.6) is 0 Å². The van der Waals surface area contributed by atoms with E-state index in [9.17, 15) is 5.11 Å². The molecule has 0 aliphatic heterocycles. The molecule has 0 aliphatic rings. The second kappa shape index (κ2) is 2.91. The van der Waals surface area contributed by atoms with Crippen LogP contribution in [0.4, 0.5) is 0 Å². The summed E-state index contributed by atoms with van der Waals surface area (Å²) in [4.78, 5) is 0. The van der Waals surface area contributed by atoms with E-state index in [1.165, 1.54) is 0 Å². The lowest BCUT2D eigenvalue weighted by Crippen LogP contribution is -1.80. The van der Waals surface area contributed by atoms with Gasteiger partial charge in [-0.2, -0.15) is 0 Å². The highest BCUT2D eigenvalue weighted by atomic mass is 16.3. The number of hydrogen-bond acceptors (Lipinski definition) is 0. The summed E-state index contributed by atoms with van der Waals surface area (Å²) < 4.78 is 0. The SMILES string of the molecule is C=C(CC)C[O]. The zero-order valence-corrected chi connectivity index (χ0v) is 4.03. The first-order chi connectivity index (χ1) is 2.81. The van der Waals surface area contributed by atoms with Crippen LogP contribution >= 0.6 is 0 Å². The Kier molecular flexibility index (Phi) is 2.77. The lowest BCUT2D eigenvalue weighted by molar-refractivity contribution is 0.221. The van der Waals surface area contributed by atoms with Gasteiger partial charge in [0.05, 0.1) is 0 Å². The van der Waals surface area contributed by atoms with Crippen molar-refractivity contribution in [2.75, 3.05) is 6.61 Å². The van der Waals surface area contributed by atoms with E-state index < -0.39 is 0 Å². The lowest BCUT2D eigenvalue weighted by atomic mass is 10.3. The predicted octanol–water partition coefficient (Wildman–Crippen LogP) is 1.38. The van der Waals surface area contributed by atoms with Crippen LogP contribution in [0.3, 0.4) is 0 Å². The van der Waals surface area contributed by atoms with Crippen LogP contribution in [0.2, 0.25) is 0 Å². The van der Waals surface area contributed by atoms with Gasteiger partial charge in [0, 0.05) is 0 Å². The molecule has 0 saturated carbocycles. The summed E-state index contributed by atoms with van der Waals surface area (Å²) in [5.74, 6) is 0. The Morgan fingerprint density at radius 2 is 2.33 bits per heavy atom. The van der Waals surface area contributed by atoms with Gasteiger partial charge in [0.15, 0.2) is 0 Å². The smallest absolute Gasteiger partial charge is 0.103 e. The third-order valence-electron chi connectivity index (χ3n) is 0.704. The van der Waals surface area contributed by atoms with Crippen LogP contribution in [-0.2, 0) is 5.11 Å². The lowest BCUT2D eigenvalue weighted by Gasteiger charge is -1.86. The van der Waals surface area contributed by atoms with Crippen LogP contribution in [0.1, 0.15) is 13.3 Å². The quantitative estimate of drug-likeness (QED) is 0.451. The van der Waals surface area contributed by atoms with Crippen LogP contribution < -0.4 is 0 Å². The Hall–Kier alpha value is -0.300. The highest BCUT2D eigenvalue weighted by Crippen LogP contribution is 1.90. The summed E-state index contributed by atoms with van der Waals surface area (Å²) in [5, 5.41) is 9.76. The third kappa shape index (κ3) is 1.97. The molecule has 0 amide bonds. The Morgan fingerprint density at radius 3 is 2.33 bits per heavy atom. The molecule has 1 radical (unpaired) electrons. The van der Waals surface area contributed by atoms with Gasteiger partial charge in [0.25, 0.3) is 0 Å². The molecule has 0 aromatic rings. The van der Waals surface area contributed by atoms with Gasteiger partial charge in [-0.1, -0.05) is 13.5 Å². The van der Waals surface area contributed by atoms with E-state index >= 15 is 0 Å². The molecule has 0 unspecified atom stereocenters. The molecule has 1 nitrogen and oxygen atoms in total. The topological polar surface area (TPSA) is 19.9 Å². The molecule has 0 N–H and O–H groups in total. The number of hydrogen-bond donors (Lipinski definition) is 0. The van der Waals surface area contributed by atoms with Gasteiger partial charge >= 0.3 is 0 Å². The van der Waals surface area contributed by atoms with Crippen LogP contribution in [0.15, 0.2) is 12.2 Å². The third-order valence-corrected chi connectivity index (χ3v) is 0.704. The molecular formula is C5H9O. The van der Waals surface area contributed by atoms with Gasteiger partial charge in [-0.3, -0.25) is 0 Å². The maximum absolute atomic E-state index is 9.76. The average Bonchev–Trinajstić information content (AvgIpc) is 1.65. The Labute approximate surface area is 38.3 Å². The van der Waals surface area contributed by atoms with Gasteiger partial charge in [0.1, 0.15) is 6.61 Å². The van der Waals surface area contributed by atoms with Gasteiger partial charge in [-0.25, -0.2) is 5.11 Å². The molecule has 0 fully saturated rings. The zero-order valence-electron chi connectivity index (χ0n) is 4.03. The second-order valence-electron chi connectivity index (χ2n) is 1.25. The van der Waals surface area contributed by atoms with E-state index in [0.29, 0.717) is 0 Å². The monoisotopic (exact) mass is 85.1 g/mol. The first-order valence-corrected chi connectivity index (χ1v) is 2.06. The molecule has 0 atom stereocenters. The van der Waals surface area contributed by atoms with Gasteiger partial charge in [0.2, 0.25) is 0 Å². The van der Waals surface area contributed by atoms with E-state index in [-0.39, 0.29) is 6.61 Å². The Bertz CT molecular complexity index is 41.9. The molecule has 0 spiro atoms. The molecule has 0 aliphatic carbocycles. The van der Waals surface area contributed by atoms with Gasteiger partial charge < -0.3 is 0 Å². The minimum atomic E-state index is -0.115. The van der Waals surface area contributed by atoms with E-state index in [2.05, 4.69) is 6.58 Å². The first kappa shape index (κ1) is 5.70. The van der Waals surface area contributed by atoms with Gasteiger partial charge in [-0.15, -0.1) is 0 Å². The molecule has 1 heteroatoms. The van der Waals surface area contributed by atoms with Crippen molar-refractivity contribution in [1.82, 2.24) is 0 Å². The van der Waals surface area contributed by atoms with Crippen molar-refractivity contribution in [2.45, 2.75) is 13.3 Å². The Morgan fingerprint density at radius 1 is 1.83 bits per heavy atom. The standard InChI is InChI=1S/C5H9O/c1-3-5(2)4-6/h2-4H2,1H3. The van der Waals surface area contributed by atoms with Crippen LogP contribution in [0.25, 0.3) is 0 Å². The van der Waals surface area contributed by atoms with E-state index in [1.54, 1.807) is 0 Å². The fourth-order valence-electron chi connectivity index (χ4n) is 0.102. The van der Waals surface area contributed by atoms with E-state index in [0.717, 1.165) is 12.0 Å². The molecule has 0 saturated heterocycles.